The number of benzene rings is 1. The summed E-state index contributed by atoms with van der Waals surface area (Å²) in [6, 6.07) is 7.13. The Hall–Kier alpha value is -2.43. The Labute approximate surface area is 213 Å². The van der Waals surface area contributed by atoms with Crippen LogP contribution in [0.2, 0.25) is 0 Å². The van der Waals surface area contributed by atoms with E-state index in [1.165, 1.54) is 52.8 Å². The van der Waals surface area contributed by atoms with E-state index in [2.05, 4.69) is 36.4 Å². The van der Waals surface area contributed by atoms with E-state index in [1.807, 2.05) is 36.6 Å². The summed E-state index contributed by atoms with van der Waals surface area (Å²) in [5.74, 6) is 0.154. The van der Waals surface area contributed by atoms with Crippen LogP contribution in [0, 0.1) is 0 Å². The lowest BCUT2D eigenvalue weighted by atomic mass is 9.90. The molecule has 0 aliphatic heterocycles. The summed E-state index contributed by atoms with van der Waals surface area (Å²) in [5.41, 5.74) is 1.55. The quantitative estimate of drug-likeness (QED) is 0.297. The summed E-state index contributed by atoms with van der Waals surface area (Å²) in [5, 5.41) is 15.4. The molecule has 1 atom stereocenters. The lowest BCUT2D eigenvalue weighted by Crippen LogP contribution is -2.33. The zero-order valence-electron chi connectivity index (χ0n) is 18.7. The van der Waals surface area contributed by atoms with Crippen molar-refractivity contribution in [2.24, 2.45) is 0 Å². The van der Waals surface area contributed by atoms with Crippen LogP contribution in [0.3, 0.4) is 0 Å². The van der Waals surface area contributed by atoms with E-state index in [0.717, 1.165) is 33.4 Å². The molecule has 1 aromatic carbocycles. The van der Waals surface area contributed by atoms with E-state index in [9.17, 15) is 9.59 Å². The molecular formula is C24H24BrN5O2S2. The molecule has 0 bridgehead atoms. The van der Waals surface area contributed by atoms with Crippen LogP contribution in [0.15, 0.2) is 45.2 Å². The van der Waals surface area contributed by atoms with E-state index >= 15 is 0 Å². The van der Waals surface area contributed by atoms with Crippen LogP contribution in [-0.4, -0.2) is 25.7 Å². The summed E-state index contributed by atoms with van der Waals surface area (Å²) < 4.78 is 2.41. The Morgan fingerprint density at radius 1 is 1.21 bits per heavy atom. The fourth-order valence-electron chi connectivity index (χ4n) is 4.51. The van der Waals surface area contributed by atoms with Crippen LogP contribution in [-0.2, 0) is 4.79 Å². The Balaban J connectivity index is 1.42. The standard InChI is InChI=1S/C24H24BrN5O2S2/c1-2-18(20(31)27-24-29-28-21(34-24)15-6-4-3-5-7-15)30-13-26-22-19(23(30)32)17(12-33-22)14-8-10-16(25)11-9-14/h8-13,15,18H,2-7H2,1H3,(H,27,29,31). The van der Waals surface area contributed by atoms with Crippen LogP contribution in [0.5, 0.6) is 0 Å². The second-order valence-corrected chi connectivity index (χ2v) is 11.3. The zero-order valence-corrected chi connectivity index (χ0v) is 21.9. The summed E-state index contributed by atoms with van der Waals surface area (Å²) in [7, 11) is 0. The van der Waals surface area contributed by atoms with Gasteiger partial charge in [0.15, 0.2) is 0 Å². The van der Waals surface area contributed by atoms with Gasteiger partial charge in [0.25, 0.3) is 5.56 Å². The summed E-state index contributed by atoms with van der Waals surface area (Å²) in [6.45, 7) is 1.89. The van der Waals surface area contributed by atoms with Crippen LogP contribution >= 0.6 is 38.6 Å². The van der Waals surface area contributed by atoms with Crippen molar-refractivity contribution >= 4 is 59.9 Å². The highest BCUT2D eigenvalue weighted by molar-refractivity contribution is 9.10. The smallest absolute Gasteiger partial charge is 0.263 e. The molecule has 3 heterocycles. The number of nitrogens with zero attached hydrogens (tertiary/aromatic N) is 4. The van der Waals surface area contributed by atoms with Crippen molar-refractivity contribution < 1.29 is 4.79 Å². The number of anilines is 1. The van der Waals surface area contributed by atoms with Crippen molar-refractivity contribution in [3.8, 4) is 11.1 Å². The third kappa shape index (κ3) is 4.58. The van der Waals surface area contributed by atoms with Crippen molar-refractivity contribution in [3.05, 3.63) is 55.8 Å². The molecule has 3 aromatic heterocycles. The summed E-state index contributed by atoms with van der Waals surface area (Å²) in [4.78, 5) is 31.9. The van der Waals surface area contributed by atoms with Crippen LogP contribution in [0.1, 0.15) is 62.4 Å². The van der Waals surface area contributed by atoms with Gasteiger partial charge < -0.3 is 0 Å². The van der Waals surface area contributed by atoms with Crippen molar-refractivity contribution in [1.29, 1.82) is 0 Å². The van der Waals surface area contributed by atoms with Crippen molar-refractivity contribution in [1.82, 2.24) is 19.7 Å². The first-order valence-corrected chi connectivity index (χ1v) is 13.9. The molecule has 1 aliphatic carbocycles. The molecule has 1 amide bonds. The highest BCUT2D eigenvalue weighted by atomic mass is 79.9. The van der Waals surface area contributed by atoms with Gasteiger partial charge in [-0.15, -0.1) is 21.5 Å². The minimum Gasteiger partial charge on any atom is -0.299 e. The first-order chi connectivity index (χ1) is 16.5. The number of rotatable bonds is 6. The van der Waals surface area contributed by atoms with Gasteiger partial charge in [-0.1, -0.05) is 65.6 Å². The molecule has 4 aromatic rings. The first kappa shape index (κ1) is 23.3. The number of carbonyl (C=O) groups excluding carboxylic acids is 1. The Kier molecular flexibility index (Phi) is 6.89. The van der Waals surface area contributed by atoms with Gasteiger partial charge in [-0.05, 0) is 37.0 Å². The van der Waals surface area contributed by atoms with Crippen LogP contribution < -0.4 is 10.9 Å². The van der Waals surface area contributed by atoms with Crippen LogP contribution in [0.25, 0.3) is 21.3 Å². The maximum atomic E-state index is 13.5. The predicted molar refractivity (Wildman–Crippen MR) is 141 cm³/mol. The average Bonchev–Trinajstić information content (AvgIpc) is 3.50. The third-order valence-electron chi connectivity index (χ3n) is 6.32. The molecule has 1 aliphatic rings. The van der Waals surface area contributed by atoms with Crippen LogP contribution in [0.4, 0.5) is 5.13 Å². The number of carbonyl (C=O) groups is 1. The maximum Gasteiger partial charge on any atom is 0.263 e. The van der Waals surface area contributed by atoms with Gasteiger partial charge in [0, 0.05) is 21.3 Å². The number of thiophene rings is 1. The number of fused-ring (bicyclic) bond motifs is 1. The minimum absolute atomic E-state index is 0.216. The van der Waals surface area contributed by atoms with Crippen molar-refractivity contribution in [2.45, 2.75) is 57.4 Å². The predicted octanol–water partition coefficient (Wildman–Crippen LogP) is 6.38. The molecule has 0 saturated heterocycles. The molecule has 10 heteroatoms. The fraction of sp³-hybridized carbons (Fsp3) is 0.375. The molecule has 1 fully saturated rings. The molecule has 5 rings (SSSR count). The second kappa shape index (κ2) is 10.1. The summed E-state index contributed by atoms with van der Waals surface area (Å²) >= 11 is 6.32. The van der Waals surface area contributed by atoms with Crippen molar-refractivity contribution in [3.63, 3.8) is 0 Å². The van der Waals surface area contributed by atoms with Gasteiger partial charge in [-0.25, -0.2) is 4.98 Å². The Morgan fingerprint density at radius 2 is 1.97 bits per heavy atom. The number of halogens is 1. The van der Waals surface area contributed by atoms with E-state index in [1.54, 1.807) is 0 Å². The zero-order chi connectivity index (χ0) is 23.7. The molecule has 0 radical (unpaired) electrons. The lowest BCUT2D eigenvalue weighted by Gasteiger charge is -2.18. The molecular weight excluding hydrogens is 534 g/mol. The minimum atomic E-state index is -0.691. The van der Waals surface area contributed by atoms with Gasteiger partial charge in [0.1, 0.15) is 15.9 Å². The monoisotopic (exact) mass is 557 g/mol. The number of amides is 1. The van der Waals surface area contributed by atoms with Crippen molar-refractivity contribution in [2.75, 3.05) is 5.32 Å². The Morgan fingerprint density at radius 3 is 2.71 bits per heavy atom. The lowest BCUT2D eigenvalue weighted by molar-refractivity contribution is -0.119. The Bertz CT molecular complexity index is 1370. The highest BCUT2D eigenvalue weighted by Crippen LogP contribution is 2.35. The summed E-state index contributed by atoms with van der Waals surface area (Å²) in [6.07, 6.45) is 7.89. The van der Waals surface area contributed by atoms with E-state index < -0.39 is 6.04 Å². The molecule has 7 nitrogen and oxygen atoms in total. The molecule has 176 valence electrons. The first-order valence-electron chi connectivity index (χ1n) is 11.4. The van der Waals surface area contributed by atoms with Gasteiger partial charge in [-0.3, -0.25) is 19.5 Å². The largest absolute Gasteiger partial charge is 0.299 e. The topological polar surface area (TPSA) is 89.8 Å². The number of hydrogen-bond acceptors (Lipinski definition) is 7. The average molecular weight is 559 g/mol. The van der Waals surface area contributed by atoms with Gasteiger partial charge in [-0.2, -0.15) is 0 Å². The SMILES string of the molecule is CCC(C(=O)Nc1nnc(C2CCCCC2)s1)n1cnc2scc(-c3ccc(Br)cc3)c2c1=O. The molecule has 0 spiro atoms. The number of hydrogen-bond donors (Lipinski definition) is 1. The van der Waals surface area contributed by atoms with Gasteiger partial charge in [0.05, 0.1) is 11.7 Å². The molecule has 34 heavy (non-hydrogen) atoms. The molecule has 1 unspecified atom stereocenters. The van der Waals surface area contributed by atoms with Gasteiger partial charge in [0.2, 0.25) is 11.0 Å². The van der Waals surface area contributed by atoms with E-state index in [4.69, 9.17) is 0 Å². The second-order valence-electron chi connectivity index (χ2n) is 8.49. The van der Waals surface area contributed by atoms with E-state index in [0.29, 0.717) is 27.7 Å². The molecule has 1 saturated carbocycles. The number of aromatic nitrogens is 4. The maximum absolute atomic E-state index is 13.5. The third-order valence-corrected chi connectivity index (χ3v) is 8.74. The van der Waals surface area contributed by atoms with E-state index in [-0.39, 0.29) is 11.5 Å². The normalized spacial score (nSPS) is 15.5. The van der Waals surface area contributed by atoms with Gasteiger partial charge >= 0.3 is 0 Å². The fourth-order valence-corrected chi connectivity index (χ4v) is 6.59. The number of nitrogens with one attached hydrogen (secondary N) is 1. The molecule has 1 N–H and O–H groups in total. The highest BCUT2D eigenvalue weighted by Gasteiger charge is 2.25.